The standard InChI is InChI=1S/C8H6O4.C6H7NO2S/c9-7(10)5-3-1-2-4-6(5)8(11)12;7-10(8,9)6-4-2-1-3-5-6/h1-4H,(H,9,10)(H,11,12);1-5H,(H2,7,8,9). The normalized spacial score (nSPS) is 10.2. The second-order valence-corrected chi connectivity index (χ2v) is 5.58. The number of primary sulfonamides is 1. The number of aromatic carboxylic acids is 2. The lowest BCUT2D eigenvalue weighted by Gasteiger charge is -1.98. The Labute approximate surface area is 126 Å². The van der Waals surface area contributed by atoms with E-state index in [0.717, 1.165) is 0 Å². The molecule has 7 nitrogen and oxygen atoms in total. The second kappa shape index (κ2) is 7.34. The molecule has 0 atom stereocenters. The summed E-state index contributed by atoms with van der Waals surface area (Å²) in [5, 5.41) is 21.9. The van der Waals surface area contributed by atoms with E-state index < -0.39 is 22.0 Å². The highest BCUT2D eigenvalue weighted by Crippen LogP contribution is 2.07. The van der Waals surface area contributed by atoms with Crippen molar-refractivity contribution < 1.29 is 28.2 Å². The van der Waals surface area contributed by atoms with Crippen molar-refractivity contribution in [3.05, 3.63) is 65.7 Å². The van der Waals surface area contributed by atoms with E-state index in [1.807, 2.05) is 0 Å². The van der Waals surface area contributed by atoms with E-state index in [4.69, 9.17) is 15.4 Å². The van der Waals surface area contributed by atoms with Crippen LogP contribution in [0.1, 0.15) is 20.7 Å². The molecule has 2 rings (SSSR count). The molecular weight excluding hydrogens is 310 g/mol. The lowest BCUT2D eigenvalue weighted by Crippen LogP contribution is -2.11. The molecule has 0 amide bonds. The van der Waals surface area contributed by atoms with Gasteiger partial charge in [-0.25, -0.2) is 23.1 Å². The van der Waals surface area contributed by atoms with E-state index in [-0.39, 0.29) is 16.0 Å². The molecule has 2 aromatic carbocycles. The quantitative estimate of drug-likeness (QED) is 0.781. The van der Waals surface area contributed by atoms with Crippen molar-refractivity contribution in [3.8, 4) is 0 Å². The minimum absolute atomic E-state index is 0.148. The van der Waals surface area contributed by atoms with Crippen molar-refractivity contribution in [2.24, 2.45) is 5.14 Å². The lowest BCUT2D eigenvalue weighted by atomic mass is 10.1. The minimum Gasteiger partial charge on any atom is -0.478 e. The van der Waals surface area contributed by atoms with Gasteiger partial charge < -0.3 is 10.2 Å². The molecule has 0 heterocycles. The first-order valence-electron chi connectivity index (χ1n) is 5.87. The Hall–Kier alpha value is -2.71. The van der Waals surface area contributed by atoms with Gasteiger partial charge >= 0.3 is 11.9 Å². The van der Waals surface area contributed by atoms with Gasteiger partial charge in [-0.2, -0.15) is 0 Å². The minimum atomic E-state index is -3.50. The molecular formula is C14H13NO6S. The van der Waals surface area contributed by atoms with Gasteiger partial charge in [0.1, 0.15) is 0 Å². The van der Waals surface area contributed by atoms with Gasteiger partial charge in [0.2, 0.25) is 10.0 Å². The number of nitrogens with two attached hydrogens (primary N) is 1. The van der Waals surface area contributed by atoms with Crippen LogP contribution in [0.4, 0.5) is 0 Å². The van der Waals surface area contributed by atoms with Crippen LogP contribution in [0.25, 0.3) is 0 Å². The smallest absolute Gasteiger partial charge is 0.336 e. The number of benzene rings is 2. The molecule has 4 N–H and O–H groups in total. The van der Waals surface area contributed by atoms with Gasteiger partial charge in [0.25, 0.3) is 0 Å². The van der Waals surface area contributed by atoms with Gasteiger partial charge in [0, 0.05) is 0 Å². The van der Waals surface area contributed by atoms with E-state index in [9.17, 15) is 18.0 Å². The summed E-state index contributed by atoms with van der Waals surface area (Å²) in [5.41, 5.74) is -0.380. The van der Waals surface area contributed by atoms with Crippen molar-refractivity contribution in [1.82, 2.24) is 0 Å². The summed E-state index contributed by atoms with van der Waals surface area (Å²) in [6, 6.07) is 13.4. The zero-order valence-corrected chi connectivity index (χ0v) is 12.0. The molecule has 0 aliphatic rings. The van der Waals surface area contributed by atoms with E-state index in [1.165, 1.54) is 36.4 Å². The molecule has 116 valence electrons. The SMILES string of the molecule is NS(=O)(=O)c1ccccc1.O=C(O)c1ccccc1C(=O)O. The van der Waals surface area contributed by atoms with Gasteiger partial charge in [0.05, 0.1) is 16.0 Å². The number of rotatable bonds is 3. The first-order valence-corrected chi connectivity index (χ1v) is 7.41. The van der Waals surface area contributed by atoms with Gasteiger partial charge in [-0.1, -0.05) is 30.3 Å². The molecule has 0 bridgehead atoms. The molecule has 0 radical (unpaired) electrons. The highest BCUT2D eigenvalue weighted by atomic mass is 32.2. The Morgan fingerprint density at radius 1 is 0.773 bits per heavy atom. The topological polar surface area (TPSA) is 135 Å². The van der Waals surface area contributed by atoms with E-state index >= 15 is 0 Å². The van der Waals surface area contributed by atoms with Gasteiger partial charge in [-0.15, -0.1) is 0 Å². The van der Waals surface area contributed by atoms with Crippen LogP contribution in [0.5, 0.6) is 0 Å². The maximum absolute atomic E-state index is 10.6. The zero-order chi connectivity index (χ0) is 16.8. The van der Waals surface area contributed by atoms with Crippen LogP contribution < -0.4 is 5.14 Å². The lowest BCUT2D eigenvalue weighted by molar-refractivity contribution is 0.0651. The second-order valence-electron chi connectivity index (χ2n) is 4.01. The Morgan fingerprint density at radius 2 is 1.14 bits per heavy atom. The zero-order valence-electron chi connectivity index (χ0n) is 11.2. The fourth-order valence-corrected chi connectivity index (χ4v) is 2.00. The maximum Gasteiger partial charge on any atom is 0.336 e. The van der Waals surface area contributed by atoms with Crippen LogP contribution in [-0.4, -0.2) is 30.6 Å². The fraction of sp³-hybridized carbons (Fsp3) is 0. The molecule has 0 aliphatic heterocycles. The molecule has 22 heavy (non-hydrogen) atoms. The van der Waals surface area contributed by atoms with Crippen LogP contribution in [0, 0.1) is 0 Å². The summed E-state index contributed by atoms with van der Waals surface area (Å²) < 4.78 is 21.2. The number of hydrogen-bond acceptors (Lipinski definition) is 4. The average molecular weight is 323 g/mol. The Bertz CT molecular complexity index is 738. The van der Waals surface area contributed by atoms with Crippen molar-refractivity contribution in [2.75, 3.05) is 0 Å². The predicted molar refractivity (Wildman–Crippen MR) is 78.2 cm³/mol. The Balaban J connectivity index is 0.000000224. The first-order chi connectivity index (χ1) is 10.2. The highest BCUT2D eigenvalue weighted by Gasteiger charge is 2.13. The molecule has 2 aromatic rings. The Morgan fingerprint density at radius 3 is 1.41 bits per heavy atom. The van der Waals surface area contributed by atoms with Crippen LogP contribution in [-0.2, 0) is 10.0 Å². The Kier molecular flexibility index (Phi) is 5.79. The van der Waals surface area contributed by atoms with Crippen LogP contribution in [0.15, 0.2) is 59.5 Å². The number of sulfonamides is 1. The monoisotopic (exact) mass is 323 g/mol. The van der Waals surface area contributed by atoms with E-state index in [0.29, 0.717) is 0 Å². The maximum atomic E-state index is 10.6. The molecule has 8 heteroatoms. The highest BCUT2D eigenvalue weighted by molar-refractivity contribution is 7.89. The average Bonchev–Trinajstić information content (AvgIpc) is 2.48. The van der Waals surface area contributed by atoms with E-state index in [1.54, 1.807) is 18.2 Å². The molecule has 0 saturated heterocycles. The van der Waals surface area contributed by atoms with Crippen molar-refractivity contribution in [1.29, 1.82) is 0 Å². The van der Waals surface area contributed by atoms with E-state index in [2.05, 4.69) is 0 Å². The van der Waals surface area contributed by atoms with Gasteiger partial charge in [-0.3, -0.25) is 0 Å². The fourth-order valence-electron chi connectivity index (χ4n) is 1.47. The van der Waals surface area contributed by atoms with Crippen molar-refractivity contribution in [3.63, 3.8) is 0 Å². The molecule has 0 fully saturated rings. The summed E-state index contributed by atoms with van der Waals surface area (Å²) >= 11 is 0. The molecule has 0 aromatic heterocycles. The summed E-state index contributed by atoms with van der Waals surface area (Å²) in [5.74, 6) is -2.46. The molecule has 0 aliphatic carbocycles. The van der Waals surface area contributed by atoms with Crippen LogP contribution >= 0.6 is 0 Å². The van der Waals surface area contributed by atoms with Crippen molar-refractivity contribution in [2.45, 2.75) is 4.90 Å². The number of carbonyl (C=O) groups is 2. The molecule has 0 unspecified atom stereocenters. The number of carboxylic acid groups (broad SMARTS) is 2. The summed E-state index contributed by atoms with van der Waals surface area (Å²) in [7, 11) is -3.50. The third-order valence-electron chi connectivity index (χ3n) is 2.46. The predicted octanol–water partition coefficient (Wildman–Crippen LogP) is 1.42. The van der Waals surface area contributed by atoms with Gasteiger partial charge in [-0.05, 0) is 24.3 Å². The van der Waals surface area contributed by atoms with Crippen LogP contribution in [0.3, 0.4) is 0 Å². The summed E-state index contributed by atoms with van der Waals surface area (Å²) in [6.07, 6.45) is 0. The molecule has 0 saturated carbocycles. The molecule has 0 spiro atoms. The summed E-state index contributed by atoms with van der Waals surface area (Å²) in [6.45, 7) is 0. The first kappa shape index (κ1) is 17.3. The third kappa shape index (κ3) is 5.00. The van der Waals surface area contributed by atoms with Crippen molar-refractivity contribution >= 4 is 22.0 Å². The van der Waals surface area contributed by atoms with Crippen LogP contribution in [0.2, 0.25) is 0 Å². The number of carboxylic acids is 2. The largest absolute Gasteiger partial charge is 0.478 e. The van der Waals surface area contributed by atoms with Gasteiger partial charge in [0.15, 0.2) is 0 Å². The summed E-state index contributed by atoms with van der Waals surface area (Å²) in [4.78, 5) is 21.1. The third-order valence-corrected chi connectivity index (χ3v) is 3.39. The number of hydrogen-bond donors (Lipinski definition) is 3.